The standard InChI is InChI=1S/C12H16BrFO/c1-9(2)4-3-7-15-12-8-10(14)5-6-11(12)13/h5-6,8-9H,3-4,7H2,1-2H3. The molecule has 3 heteroatoms. The maximum absolute atomic E-state index is 12.9. The molecule has 0 saturated heterocycles. The molecule has 0 saturated carbocycles. The lowest BCUT2D eigenvalue weighted by Crippen LogP contribution is -2.00. The van der Waals surface area contributed by atoms with E-state index < -0.39 is 0 Å². The van der Waals surface area contributed by atoms with Gasteiger partial charge >= 0.3 is 0 Å². The zero-order chi connectivity index (χ0) is 11.3. The maximum Gasteiger partial charge on any atom is 0.136 e. The van der Waals surface area contributed by atoms with Gasteiger partial charge in [0.1, 0.15) is 11.6 Å². The molecule has 0 aliphatic heterocycles. The topological polar surface area (TPSA) is 9.23 Å². The van der Waals surface area contributed by atoms with E-state index in [1.165, 1.54) is 12.1 Å². The molecule has 0 radical (unpaired) electrons. The molecule has 0 aromatic heterocycles. The molecule has 0 spiro atoms. The Hall–Kier alpha value is -0.570. The van der Waals surface area contributed by atoms with Crippen molar-refractivity contribution >= 4 is 15.9 Å². The quantitative estimate of drug-likeness (QED) is 0.723. The normalized spacial score (nSPS) is 10.7. The van der Waals surface area contributed by atoms with Crippen LogP contribution in [0.2, 0.25) is 0 Å². The summed E-state index contributed by atoms with van der Waals surface area (Å²) in [6.07, 6.45) is 2.13. The van der Waals surface area contributed by atoms with E-state index >= 15 is 0 Å². The average Bonchev–Trinajstić information content (AvgIpc) is 2.17. The van der Waals surface area contributed by atoms with Crippen LogP contribution >= 0.6 is 15.9 Å². The number of rotatable bonds is 5. The van der Waals surface area contributed by atoms with Crippen molar-refractivity contribution in [2.75, 3.05) is 6.61 Å². The lowest BCUT2D eigenvalue weighted by Gasteiger charge is -2.09. The number of hydrogen-bond donors (Lipinski definition) is 0. The third-order valence-corrected chi connectivity index (χ3v) is 2.73. The molecule has 0 fully saturated rings. The van der Waals surface area contributed by atoms with E-state index in [4.69, 9.17) is 4.74 Å². The van der Waals surface area contributed by atoms with Crippen LogP contribution < -0.4 is 4.74 Å². The molecule has 0 bridgehead atoms. The van der Waals surface area contributed by atoms with E-state index in [1.54, 1.807) is 6.07 Å². The highest BCUT2D eigenvalue weighted by Gasteiger charge is 2.02. The van der Waals surface area contributed by atoms with Crippen LogP contribution in [0.15, 0.2) is 22.7 Å². The van der Waals surface area contributed by atoms with Crippen molar-refractivity contribution in [3.05, 3.63) is 28.5 Å². The third-order valence-electron chi connectivity index (χ3n) is 2.08. The lowest BCUT2D eigenvalue weighted by atomic mass is 10.1. The van der Waals surface area contributed by atoms with Gasteiger partial charge in [-0.25, -0.2) is 4.39 Å². The van der Waals surface area contributed by atoms with Crippen molar-refractivity contribution in [2.24, 2.45) is 5.92 Å². The number of halogens is 2. The highest BCUT2D eigenvalue weighted by atomic mass is 79.9. The van der Waals surface area contributed by atoms with Crippen molar-refractivity contribution < 1.29 is 9.13 Å². The molecule has 1 nitrogen and oxygen atoms in total. The molecule has 0 N–H and O–H groups in total. The molecule has 84 valence electrons. The molecule has 0 amide bonds. The van der Waals surface area contributed by atoms with Gasteiger partial charge in [-0.1, -0.05) is 13.8 Å². The predicted molar refractivity (Wildman–Crippen MR) is 63.7 cm³/mol. The Bertz CT molecular complexity index is 312. The van der Waals surface area contributed by atoms with Crippen LogP contribution in [0, 0.1) is 11.7 Å². The van der Waals surface area contributed by atoms with Crippen molar-refractivity contribution in [3.8, 4) is 5.75 Å². The number of hydrogen-bond acceptors (Lipinski definition) is 1. The van der Waals surface area contributed by atoms with Gasteiger partial charge in [-0.3, -0.25) is 0 Å². The second-order valence-electron chi connectivity index (χ2n) is 3.96. The Balaban J connectivity index is 2.40. The fourth-order valence-electron chi connectivity index (χ4n) is 1.26. The van der Waals surface area contributed by atoms with Crippen molar-refractivity contribution in [1.29, 1.82) is 0 Å². The van der Waals surface area contributed by atoms with Gasteiger partial charge in [0.15, 0.2) is 0 Å². The van der Waals surface area contributed by atoms with Gasteiger partial charge in [-0.15, -0.1) is 0 Å². The summed E-state index contributed by atoms with van der Waals surface area (Å²) in [5, 5.41) is 0. The molecule has 1 aromatic rings. The minimum absolute atomic E-state index is 0.267. The maximum atomic E-state index is 12.9. The summed E-state index contributed by atoms with van der Waals surface area (Å²) in [6.45, 7) is 5.00. The van der Waals surface area contributed by atoms with Gasteiger partial charge in [-0.05, 0) is 46.8 Å². The van der Waals surface area contributed by atoms with E-state index in [0.717, 1.165) is 17.3 Å². The summed E-state index contributed by atoms with van der Waals surface area (Å²) in [5.74, 6) is 1.00. The van der Waals surface area contributed by atoms with E-state index in [-0.39, 0.29) is 5.82 Å². The summed E-state index contributed by atoms with van der Waals surface area (Å²) >= 11 is 3.32. The summed E-state index contributed by atoms with van der Waals surface area (Å²) in [7, 11) is 0. The zero-order valence-electron chi connectivity index (χ0n) is 9.09. The Morgan fingerprint density at radius 2 is 2.13 bits per heavy atom. The predicted octanol–water partition coefficient (Wildman–Crippen LogP) is 4.40. The lowest BCUT2D eigenvalue weighted by molar-refractivity contribution is 0.294. The third kappa shape index (κ3) is 4.65. The van der Waals surface area contributed by atoms with Crippen LogP contribution in [0.4, 0.5) is 4.39 Å². The first-order valence-electron chi connectivity index (χ1n) is 5.17. The molecular weight excluding hydrogens is 259 g/mol. The minimum atomic E-state index is -0.267. The van der Waals surface area contributed by atoms with Gasteiger partial charge in [0, 0.05) is 6.07 Å². The number of ether oxygens (including phenoxy) is 1. The SMILES string of the molecule is CC(C)CCCOc1cc(F)ccc1Br. The molecule has 15 heavy (non-hydrogen) atoms. The molecule has 0 atom stereocenters. The molecule has 0 aliphatic carbocycles. The van der Waals surface area contributed by atoms with E-state index in [9.17, 15) is 4.39 Å². The van der Waals surface area contributed by atoms with Crippen LogP contribution in [-0.4, -0.2) is 6.61 Å². The van der Waals surface area contributed by atoms with Crippen LogP contribution in [-0.2, 0) is 0 Å². The van der Waals surface area contributed by atoms with Crippen molar-refractivity contribution in [1.82, 2.24) is 0 Å². The highest BCUT2D eigenvalue weighted by molar-refractivity contribution is 9.10. The first kappa shape index (κ1) is 12.5. The van der Waals surface area contributed by atoms with Gasteiger partial charge in [0.2, 0.25) is 0 Å². The van der Waals surface area contributed by atoms with Gasteiger partial charge in [-0.2, -0.15) is 0 Å². The molecule has 0 unspecified atom stereocenters. The molecule has 0 aliphatic rings. The van der Waals surface area contributed by atoms with E-state index in [0.29, 0.717) is 18.3 Å². The molecule has 1 rings (SSSR count). The molecule has 0 heterocycles. The molecular formula is C12H16BrFO. The Kier molecular flexibility index (Phi) is 5.09. The zero-order valence-corrected chi connectivity index (χ0v) is 10.7. The van der Waals surface area contributed by atoms with E-state index in [2.05, 4.69) is 29.8 Å². The Labute approximate surface area is 98.8 Å². The van der Waals surface area contributed by atoms with E-state index in [1.807, 2.05) is 0 Å². The largest absolute Gasteiger partial charge is 0.492 e. The van der Waals surface area contributed by atoms with Crippen molar-refractivity contribution in [2.45, 2.75) is 26.7 Å². The van der Waals surface area contributed by atoms with Gasteiger partial charge < -0.3 is 4.74 Å². The summed E-state index contributed by atoms with van der Waals surface area (Å²) in [6, 6.07) is 4.47. The van der Waals surface area contributed by atoms with Gasteiger partial charge in [0.25, 0.3) is 0 Å². The van der Waals surface area contributed by atoms with Crippen LogP contribution in [0.3, 0.4) is 0 Å². The fourth-order valence-corrected chi connectivity index (χ4v) is 1.62. The summed E-state index contributed by atoms with van der Waals surface area (Å²) in [5.41, 5.74) is 0. The highest BCUT2D eigenvalue weighted by Crippen LogP contribution is 2.25. The second-order valence-corrected chi connectivity index (χ2v) is 4.81. The first-order valence-corrected chi connectivity index (χ1v) is 5.96. The second kappa shape index (κ2) is 6.11. The fraction of sp³-hybridized carbons (Fsp3) is 0.500. The monoisotopic (exact) mass is 274 g/mol. The summed E-state index contributed by atoms with van der Waals surface area (Å²) < 4.78 is 19.2. The van der Waals surface area contributed by atoms with Gasteiger partial charge in [0.05, 0.1) is 11.1 Å². The Morgan fingerprint density at radius 3 is 2.80 bits per heavy atom. The summed E-state index contributed by atoms with van der Waals surface area (Å²) in [4.78, 5) is 0. The van der Waals surface area contributed by atoms with Crippen molar-refractivity contribution in [3.63, 3.8) is 0 Å². The van der Waals surface area contributed by atoms with Crippen LogP contribution in [0.5, 0.6) is 5.75 Å². The van der Waals surface area contributed by atoms with Crippen LogP contribution in [0.1, 0.15) is 26.7 Å². The Morgan fingerprint density at radius 1 is 1.40 bits per heavy atom. The van der Waals surface area contributed by atoms with Crippen LogP contribution in [0.25, 0.3) is 0 Å². The minimum Gasteiger partial charge on any atom is -0.492 e. The first-order chi connectivity index (χ1) is 7.09. The molecule has 1 aromatic carbocycles. The number of benzene rings is 1. The smallest absolute Gasteiger partial charge is 0.136 e. The average molecular weight is 275 g/mol.